The highest BCUT2D eigenvalue weighted by Gasteiger charge is 2.29. The number of fused-ring (bicyclic) bond motifs is 2. The van der Waals surface area contributed by atoms with Crippen LogP contribution in [0.1, 0.15) is 5.56 Å². The Labute approximate surface area is 136 Å². The average molecular weight is 336 g/mol. The zero-order chi connectivity index (χ0) is 17.3. The van der Waals surface area contributed by atoms with Gasteiger partial charge >= 0.3 is 6.18 Å². The molecule has 2 aromatic carbocycles. The molecule has 1 heterocycles. The molecule has 3 rings (SSSR count). The van der Waals surface area contributed by atoms with Gasteiger partial charge in [-0.25, -0.2) is 4.98 Å². The number of ether oxygens (including phenoxy) is 2. The second-order valence-electron chi connectivity index (χ2n) is 5.36. The van der Waals surface area contributed by atoms with Gasteiger partial charge in [0.25, 0.3) is 0 Å². The van der Waals surface area contributed by atoms with E-state index in [9.17, 15) is 13.2 Å². The molecule has 24 heavy (non-hydrogen) atoms. The van der Waals surface area contributed by atoms with Crippen LogP contribution in [0.4, 0.5) is 18.9 Å². The van der Waals surface area contributed by atoms with Crippen LogP contribution in [0.15, 0.2) is 36.4 Å². The molecule has 126 valence electrons. The first-order valence-corrected chi connectivity index (χ1v) is 7.18. The molecule has 0 aliphatic carbocycles. The molecule has 7 heteroatoms. The van der Waals surface area contributed by atoms with Crippen molar-refractivity contribution in [2.45, 2.75) is 12.8 Å². The molecule has 0 bridgehead atoms. The molecule has 0 amide bonds. The van der Waals surface area contributed by atoms with Crippen molar-refractivity contribution in [3.63, 3.8) is 0 Å². The fourth-order valence-corrected chi connectivity index (χ4v) is 2.53. The van der Waals surface area contributed by atoms with Crippen LogP contribution in [0.3, 0.4) is 0 Å². The molecule has 0 saturated carbocycles. The van der Waals surface area contributed by atoms with E-state index in [0.717, 1.165) is 5.39 Å². The Morgan fingerprint density at radius 2 is 1.92 bits per heavy atom. The van der Waals surface area contributed by atoms with Crippen molar-refractivity contribution in [1.82, 2.24) is 4.98 Å². The molecule has 0 spiro atoms. The number of alkyl halides is 3. The van der Waals surface area contributed by atoms with Crippen LogP contribution in [-0.2, 0) is 11.3 Å². The maximum atomic E-state index is 12.5. The normalized spacial score (nSPS) is 12.0. The van der Waals surface area contributed by atoms with Gasteiger partial charge in [0.15, 0.2) is 6.61 Å². The summed E-state index contributed by atoms with van der Waals surface area (Å²) in [7, 11) is 1.48. The monoisotopic (exact) mass is 336 g/mol. The van der Waals surface area contributed by atoms with E-state index in [1.165, 1.54) is 13.2 Å². The number of anilines is 1. The van der Waals surface area contributed by atoms with E-state index < -0.39 is 12.8 Å². The van der Waals surface area contributed by atoms with Crippen molar-refractivity contribution >= 4 is 27.5 Å². The van der Waals surface area contributed by atoms with E-state index in [2.05, 4.69) is 4.98 Å². The Morgan fingerprint density at radius 3 is 2.62 bits per heavy atom. The van der Waals surface area contributed by atoms with Crippen LogP contribution in [0.25, 0.3) is 21.8 Å². The molecule has 1 aromatic heterocycles. The van der Waals surface area contributed by atoms with Crippen molar-refractivity contribution < 1.29 is 22.6 Å². The van der Waals surface area contributed by atoms with E-state index in [1.54, 1.807) is 18.2 Å². The van der Waals surface area contributed by atoms with Gasteiger partial charge in [-0.2, -0.15) is 13.2 Å². The minimum absolute atomic E-state index is 0.0364. The molecule has 0 atom stereocenters. The number of hydrogen-bond donors (Lipinski definition) is 1. The fraction of sp³-hybridized carbons (Fsp3) is 0.235. The Balaban J connectivity index is 2.22. The number of nitrogens with zero attached hydrogens (tertiary/aromatic N) is 1. The molecule has 0 fully saturated rings. The van der Waals surface area contributed by atoms with Crippen LogP contribution >= 0.6 is 0 Å². The van der Waals surface area contributed by atoms with Gasteiger partial charge in [-0.05, 0) is 18.2 Å². The maximum Gasteiger partial charge on any atom is 0.422 e. The summed E-state index contributed by atoms with van der Waals surface area (Å²) in [4.78, 5) is 4.43. The van der Waals surface area contributed by atoms with Crippen molar-refractivity contribution in [3.05, 3.63) is 42.0 Å². The standard InChI is InChI=1S/C17H15F3N2O2/c1-23-8-11-7-14(24-9-17(18,19)20)16-12(15(11)21)6-10-4-2-3-5-13(10)22-16/h2-7H,8-9,21H2,1H3. The highest BCUT2D eigenvalue weighted by Crippen LogP contribution is 2.35. The molecule has 0 aliphatic heterocycles. The van der Waals surface area contributed by atoms with E-state index in [-0.39, 0.29) is 12.4 Å². The summed E-state index contributed by atoms with van der Waals surface area (Å²) in [5, 5.41) is 1.38. The zero-order valence-electron chi connectivity index (χ0n) is 12.9. The number of nitrogen functional groups attached to an aromatic ring is 1. The molecule has 0 aliphatic rings. The van der Waals surface area contributed by atoms with Gasteiger partial charge < -0.3 is 15.2 Å². The molecular formula is C17H15F3N2O2. The molecular weight excluding hydrogens is 321 g/mol. The third kappa shape index (κ3) is 3.21. The topological polar surface area (TPSA) is 57.4 Å². The first kappa shape index (κ1) is 16.3. The van der Waals surface area contributed by atoms with Crippen LogP contribution < -0.4 is 10.5 Å². The Hall–Kier alpha value is -2.54. The van der Waals surface area contributed by atoms with Crippen molar-refractivity contribution in [3.8, 4) is 5.75 Å². The molecule has 0 saturated heterocycles. The second-order valence-corrected chi connectivity index (χ2v) is 5.36. The third-order valence-electron chi connectivity index (χ3n) is 3.59. The van der Waals surface area contributed by atoms with Gasteiger partial charge in [-0.15, -0.1) is 0 Å². The van der Waals surface area contributed by atoms with Crippen LogP contribution in [0, 0.1) is 0 Å². The Kier molecular flexibility index (Phi) is 4.19. The minimum atomic E-state index is -4.44. The first-order chi connectivity index (χ1) is 11.4. The van der Waals surface area contributed by atoms with Crippen LogP contribution in [0.5, 0.6) is 5.75 Å². The molecule has 4 nitrogen and oxygen atoms in total. The van der Waals surface area contributed by atoms with E-state index in [1.807, 2.05) is 12.1 Å². The summed E-state index contributed by atoms with van der Waals surface area (Å²) >= 11 is 0. The number of nitrogens with two attached hydrogens (primary N) is 1. The number of rotatable bonds is 4. The molecule has 3 aromatic rings. The summed E-state index contributed by atoms with van der Waals surface area (Å²) in [5.41, 5.74) is 8.08. The second kappa shape index (κ2) is 6.16. The average Bonchev–Trinajstić information content (AvgIpc) is 2.54. The predicted molar refractivity (Wildman–Crippen MR) is 85.9 cm³/mol. The predicted octanol–water partition coefficient (Wildman–Crippen LogP) is 4.06. The Morgan fingerprint density at radius 1 is 1.17 bits per heavy atom. The van der Waals surface area contributed by atoms with Gasteiger partial charge in [0, 0.05) is 29.1 Å². The first-order valence-electron chi connectivity index (χ1n) is 7.18. The summed E-state index contributed by atoms with van der Waals surface area (Å²) in [6.45, 7) is -1.23. The lowest BCUT2D eigenvalue weighted by Crippen LogP contribution is -2.19. The number of methoxy groups -OCH3 is 1. The number of pyridine rings is 1. The SMILES string of the molecule is COCc1cc(OCC(F)(F)F)c2nc3ccccc3cc2c1N. The highest BCUT2D eigenvalue weighted by molar-refractivity contribution is 6.02. The molecule has 2 N–H and O–H groups in total. The lowest BCUT2D eigenvalue weighted by molar-refractivity contribution is -0.153. The summed E-state index contributed by atoms with van der Waals surface area (Å²) in [6, 6.07) is 10.6. The number of benzene rings is 2. The summed E-state index contributed by atoms with van der Waals surface area (Å²) < 4.78 is 47.6. The van der Waals surface area contributed by atoms with Crippen LogP contribution in [0.2, 0.25) is 0 Å². The smallest absolute Gasteiger partial charge is 0.422 e. The van der Waals surface area contributed by atoms with E-state index in [4.69, 9.17) is 15.2 Å². The largest absolute Gasteiger partial charge is 0.482 e. The minimum Gasteiger partial charge on any atom is -0.482 e. The highest BCUT2D eigenvalue weighted by atomic mass is 19.4. The van der Waals surface area contributed by atoms with Gasteiger partial charge in [-0.1, -0.05) is 18.2 Å². The number of para-hydroxylation sites is 1. The van der Waals surface area contributed by atoms with Gasteiger partial charge in [0.1, 0.15) is 11.3 Å². The maximum absolute atomic E-state index is 12.5. The zero-order valence-corrected chi connectivity index (χ0v) is 12.9. The van der Waals surface area contributed by atoms with E-state index in [0.29, 0.717) is 27.7 Å². The lowest BCUT2D eigenvalue weighted by Gasteiger charge is -2.15. The van der Waals surface area contributed by atoms with Crippen LogP contribution in [-0.4, -0.2) is 24.9 Å². The third-order valence-corrected chi connectivity index (χ3v) is 3.59. The Bertz CT molecular complexity index is 894. The van der Waals surface area contributed by atoms with Gasteiger partial charge in [-0.3, -0.25) is 0 Å². The summed E-state index contributed by atoms with van der Waals surface area (Å²) in [6.07, 6.45) is -4.44. The molecule has 0 unspecified atom stereocenters. The number of halogens is 3. The number of aromatic nitrogens is 1. The van der Waals surface area contributed by atoms with Crippen molar-refractivity contribution in [2.24, 2.45) is 0 Å². The van der Waals surface area contributed by atoms with Gasteiger partial charge in [0.2, 0.25) is 0 Å². The molecule has 0 radical (unpaired) electrons. The fourth-order valence-electron chi connectivity index (χ4n) is 2.53. The summed E-state index contributed by atoms with van der Waals surface area (Å²) in [5.74, 6) is 0.0364. The van der Waals surface area contributed by atoms with Crippen molar-refractivity contribution in [1.29, 1.82) is 0 Å². The van der Waals surface area contributed by atoms with E-state index >= 15 is 0 Å². The number of hydrogen-bond acceptors (Lipinski definition) is 4. The quantitative estimate of drug-likeness (QED) is 0.577. The lowest BCUT2D eigenvalue weighted by atomic mass is 10.0. The van der Waals surface area contributed by atoms with Crippen molar-refractivity contribution in [2.75, 3.05) is 19.5 Å². The van der Waals surface area contributed by atoms with Gasteiger partial charge in [0.05, 0.1) is 12.1 Å².